The lowest BCUT2D eigenvalue weighted by atomic mass is 9.89. The van der Waals surface area contributed by atoms with E-state index in [0.717, 1.165) is 6.42 Å². The van der Waals surface area contributed by atoms with Gasteiger partial charge in [0.25, 0.3) is 0 Å². The molecule has 7 nitrogen and oxygen atoms in total. The van der Waals surface area contributed by atoms with Crippen LogP contribution in [0, 0.1) is 0 Å². The Morgan fingerprint density at radius 3 is 2.52 bits per heavy atom. The number of carbonyl (C=O) groups excluding carboxylic acids is 3. The van der Waals surface area contributed by atoms with Gasteiger partial charge in [0.15, 0.2) is 0 Å². The van der Waals surface area contributed by atoms with Gasteiger partial charge in [-0.2, -0.15) is 0 Å². The van der Waals surface area contributed by atoms with Crippen LogP contribution < -0.4 is 0 Å². The number of nitrogens with zero attached hydrogens (tertiary/aromatic N) is 3. The van der Waals surface area contributed by atoms with Gasteiger partial charge in [0.05, 0.1) is 18.7 Å². The number of carbonyl (C=O) groups is 3. The summed E-state index contributed by atoms with van der Waals surface area (Å²) in [4.78, 5) is 39.3. The first-order valence-corrected chi connectivity index (χ1v) is 7.42. The molecule has 0 atom stereocenters. The number of amides is 4. The SMILES string of the molecule is CCCC1(O)CN(C(=O)CCCN2C(=O)CN(C)C2=O)C1. The smallest absolute Gasteiger partial charge is 0.326 e. The van der Waals surface area contributed by atoms with Crippen molar-refractivity contribution in [2.45, 2.75) is 38.2 Å². The number of imide groups is 1. The number of β-amino-alcohol motifs (C(OH)–C–C–N with tert-alkyl or cyclic N) is 1. The Kier molecular flexibility index (Phi) is 4.51. The number of aliphatic hydroxyl groups is 1. The first-order valence-electron chi connectivity index (χ1n) is 7.42. The standard InChI is InChI=1S/C14H23N3O4/c1-3-6-14(21)9-16(10-14)11(18)5-4-7-17-12(19)8-15(2)13(17)20/h21H,3-10H2,1-2H3. The molecule has 2 fully saturated rings. The molecule has 1 N–H and O–H groups in total. The molecular formula is C14H23N3O4. The number of hydrogen-bond acceptors (Lipinski definition) is 4. The van der Waals surface area contributed by atoms with Gasteiger partial charge >= 0.3 is 6.03 Å². The quantitative estimate of drug-likeness (QED) is 0.702. The number of likely N-dealkylation sites (N-methyl/N-ethyl adjacent to an activating group) is 1. The summed E-state index contributed by atoms with van der Waals surface area (Å²) in [6.45, 7) is 3.18. The maximum absolute atomic E-state index is 11.9. The van der Waals surface area contributed by atoms with Gasteiger partial charge in [-0.15, -0.1) is 0 Å². The second-order valence-corrected chi connectivity index (χ2v) is 6.01. The molecule has 2 saturated heterocycles. The molecule has 2 aliphatic heterocycles. The molecular weight excluding hydrogens is 274 g/mol. The molecule has 0 radical (unpaired) electrons. The third-order valence-corrected chi connectivity index (χ3v) is 4.04. The molecule has 21 heavy (non-hydrogen) atoms. The van der Waals surface area contributed by atoms with E-state index in [9.17, 15) is 19.5 Å². The molecule has 0 unspecified atom stereocenters. The van der Waals surface area contributed by atoms with Gasteiger partial charge in [-0.1, -0.05) is 13.3 Å². The first kappa shape index (κ1) is 15.8. The summed E-state index contributed by atoms with van der Waals surface area (Å²) < 4.78 is 0. The van der Waals surface area contributed by atoms with Crippen molar-refractivity contribution < 1.29 is 19.5 Å². The Morgan fingerprint density at radius 2 is 2.00 bits per heavy atom. The Labute approximate surface area is 124 Å². The van der Waals surface area contributed by atoms with Crippen molar-refractivity contribution in [2.24, 2.45) is 0 Å². The Bertz CT molecular complexity index is 446. The zero-order chi connectivity index (χ0) is 15.6. The fraction of sp³-hybridized carbons (Fsp3) is 0.786. The molecule has 0 aromatic rings. The lowest BCUT2D eigenvalue weighted by Crippen LogP contribution is -2.63. The van der Waals surface area contributed by atoms with E-state index < -0.39 is 5.60 Å². The predicted molar refractivity (Wildman–Crippen MR) is 75.4 cm³/mol. The molecule has 2 aliphatic rings. The number of likely N-dealkylation sites (tertiary alicyclic amines) is 1. The minimum absolute atomic E-state index is 0.0248. The second-order valence-electron chi connectivity index (χ2n) is 6.01. The summed E-state index contributed by atoms with van der Waals surface area (Å²) in [5.41, 5.74) is -0.714. The van der Waals surface area contributed by atoms with Gasteiger partial charge in [-0.3, -0.25) is 14.5 Å². The van der Waals surface area contributed by atoms with Crippen LogP contribution in [0.25, 0.3) is 0 Å². The maximum Gasteiger partial charge on any atom is 0.326 e. The summed E-state index contributed by atoms with van der Waals surface area (Å²) in [6.07, 6.45) is 2.36. The van der Waals surface area contributed by atoms with E-state index in [1.807, 2.05) is 6.92 Å². The van der Waals surface area contributed by atoms with Crippen LogP contribution in [0.3, 0.4) is 0 Å². The minimum atomic E-state index is -0.714. The van der Waals surface area contributed by atoms with Crippen LogP contribution in [0.15, 0.2) is 0 Å². The van der Waals surface area contributed by atoms with Crippen molar-refractivity contribution in [1.82, 2.24) is 14.7 Å². The molecule has 0 spiro atoms. The van der Waals surface area contributed by atoms with Crippen LogP contribution in [0.4, 0.5) is 4.79 Å². The van der Waals surface area contributed by atoms with E-state index in [0.29, 0.717) is 32.4 Å². The van der Waals surface area contributed by atoms with Crippen LogP contribution in [-0.2, 0) is 9.59 Å². The average Bonchev–Trinajstić information content (AvgIpc) is 2.62. The highest BCUT2D eigenvalue weighted by Gasteiger charge is 2.42. The van der Waals surface area contributed by atoms with Crippen LogP contribution in [0.2, 0.25) is 0 Å². The zero-order valence-corrected chi connectivity index (χ0v) is 12.7. The highest BCUT2D eigenvalue weighted by Crippen LogP contribution is 2.26. The summed E-state index contributed by atoms with van der Waals surface area (Å²) in [5, 5.41) is 10.0. The molecule has 118 valence electrons. The van der Waals surface area contributed by atoms with E-state index in [1.54, 1.807) is 11.9 Å². The molecule has 0 saturated carbocycles. The van der Waals surface area contributed by atoms with Gasteiger partial charge in [-0.25, -0.2) is 4.79 Å². The van der Waals surface area contributed by atoms with Crippen LogP contribution >= 0.6 is 0 Å². The van der Waals surface area contributed by atoms with Crippen LogP contribution in [0.1, 0.15) is 32.6 Å². The summed E-state index contributed by atoms with van der Waals surface area (Å²) in [5.74, 6) is -0.237. The highest BCUT2D eigenvalue weighted by atomic mass is 16.3. The van der Waals surface area contributed by atoms with E-state index in [2.05, 4.69) is 0 Å². The molecule has 0 bridgehead atoms. The Hall–Kier alpha value is -1.63. The largest absolute Gasteiger partial charge is 0.386 e. The van der Waals surface area contributed by atoms with Gasteiger partial charge < -0.3 is 14.9 Å². The third kappa shape index (κ3) is 3.34. The monoisotopic (exact) mass is 297 g/mol. The topological polar surface area (TPSA) is 81.2 Å². The normalized spacial score (nSPS) is 21.0. The van der Waals surface area contributed by atoms with E-state index in [1.165, 1.54) is 9.80 Å². The zero-order valence-electron chi connectivity index (χ0n) is 12.7. The average molecular weight is 297 g/mol. The van der Waals surface area contributed by atoms with Crippen LogP contribution in [-0.4, -0.2) is 76.5 Å². The molecule has 0 aromatic heterocycles. The van der Waals surface area contributed by atoms with Crippen molar-refractivity contribution >= 4 is 17.8 Å². The third-order valence-electron chi connectivity index (χ3n) is 4.04. The summed E-state index contributed by atoms with van der Waals surface area (Å²) in [6, 6.07) is -0.297. The lowest BCUT2D eigenvalue weighted by molar-refractivity contribution is -0.156. The highest BCUT2D eigenvalue weighted by molar-refractivity contribution is 6.01. The van der Waals surface area contributed by atoms with Crippen molar-refractivity contribution in [3.63, 3.8) is 0 Å². The molecule has 7 heteroatoms. The Morgan fingerprint density at radius 1 is 1.33 bits per heavy atom. The fourth-order valence-electron chi connectivity index (χ4n) is 2.90. The summed E-state index contributed by atoms with van der Waals surface area (Å²) >= 11 is 0. The van der Waals surface area contributed by atoms with E-state index in [-0.39, 0.29) is 30.9 Å². The number of urea groups is 1. The van der Waals surface area contributed by atoms with Crippen molar-refractivity contribution in [2.75, 3.05) is 33.2 Å². The van der Waals surface area contributed by atoms with Gasteiger partial charge in [0.1, 0.15) is 6.54 Å². The maximum atomic E-state index is 11.9. The molecule has 0 aromatic carbocycles. The molecule has 0 aliphatic carbocycles. The predicted octanol–water partition coefficient (Wildman–Crippen LogP) is 0.0340. The first-order chi connectivity index (χ1) is 9.86. The molecule has 2 rings (SSSR count). The van der Waals surface area contributed by atoms with Crippen molar-refractivity contribution in [3.05, 3.63) is 0 Å². The summed E-state index contributed by atoms with van der Waals surface area (Å²) in [7, 11) is 1.58. The van der Waals surface area contributed by atoms with Gasteiger partial charge in [-0.05, 0) is 12.8 Å². The second kappa shape index (κ2) is 6.01. The van der Waals surface area contributed by atoms with Gasteiger partial charge in [0, 0.05) is 20.0 Å². The molecule has 2 heterocycles. The number of rotatable bonds is 6. The Balaban J connectivity index is 1.69. The van der Waals surface area contributed by atoms with E-state index in [4.69, 9.17) is 0 Å². The van der Waals surface area contributed by atoms with Crippen molar-refractivity contribution in [3.8, 4) is 0 Å². The number of hydrogen-bond donors (Lipinski definition) is 1. The minimum Gasteiger partial charge on any atom is -0.386 e. The van der Waals surface area contributed by atoms with Gasteiger partial charge in [0.2, 0.25) is 11.8 Å². The fourth-order valence-corrected chi connectivity index (χ4v) is 2.90. The molecule has 4 amide bonds. The van der Waals surface area contributed by atoms with Crippen LogP contribution in [0.5, 0.6) is 0 Å². The van der Waals surface area contributed by atoms with Crippen molar-refractivity contribution in [1.29, 1.82) is 0 Å². The lowest BCUT2D eigenvalue weighted by Gasteiger charge is -2.46. The van der Waals surface area contributed by atoms with E-state index >= 15 is 0 Å².